The Labute approximate surface area is 119 Å². The number of hydrogen-bond donors (Lipinski definition) is 1. The molecule has 1 aliphatic rings. The first-order valence-corrected chi connectivity index (χ1v) is 8.98. The van der Waals surface area contributed by atoms with Gasteiger partial charge in [0.15, 0.2) is 0 Å². The van der Waals surface area contributed by atoms with Crippen LogP contribution in [0.25, 0.3) is 0 Å². The molecule has 0 aromatic carbocycles. The molecule has 0 bridgehead atoms. The molecule has 1 fully saturated rings. The van der Waals surface area contributed by atoms with Crippen LogP contribution in [0.4, 0.5) is 0 Å². The van der Waals surface area contributed by atoms with E-state index in [9.17, 15) is 8.42 Å². The molecule has 1 aromatic heterocycles. The van der Waals surface area contributed by atoms with Crippen molar-refractivity contribution < 1.29 is 8.42 Å². The minimum atomic E-state index is -3.29. The highest BCUT2D eigenvalue weighted by Crippen LogP contribution is 2.29. The average molecular weight is 302 g/mol. The molecule has 2 heterocycles. The van der Waals surface area contributed by atoms with Gasteiger partial charge < -0.3 is 5.32 Å². The number of thiophene rings is 1. The summed E-state index contributed by atoms with van der Waals surface area (Å²) in [6.45, 7) is 5.30. The number of aryl methyl sites for hydroxylation is 1. The average Bonchev–Trinajstić information content (AvgIpc) is 2.85. The van der Waals surface area contributed by atoms with Crippen LogP contribution in [0, 0.1) is 12.8 Å². The van der Waals surface area contributed by atoms with E-state index in [0.717, 1.165) is 17.7 Å². The number of rotatable bonds is 4. The smallest absolute Gasteiger partial charge is 0.252 e. The molecule has 1 N–H and O–H groups in total. The maximum atomic E-state index is 12.6. The number of piperidine rings is 1. The lowest BCUT2D eigenvalue weighted by molar-refractivity contribution is 0.209. The molecule has 0 saturated carbocycles. The van der Waals surface area contributed by atoms with E-state index in [0.29, 0.717) is 29.3 Å². The Balaban J connectivity index is 2.18. The van der Waals surface area contributed by atoms with Gasteiger partial charge in [-0.25, -0.2) is 8.42 Å². The molecular formula is C13H22N2O2S2. The van der Waals surface area contributed by atoms with Gasteiger partial charge >= 0.3 is 0 Å². The fourth-order valence-corrected chi connectivity index (χ4v) is 5.64. The zero-order chi connectivity index (χ0) is 14.0. The van der Waals surface area contributed by atoms with Crippen LogP contribution in [0.5, 0.6) is 0 Å². The zero-order valence-corrected chi connectivity index (χ0v) is 13.4. The largest absolute Gasteiger partial charge is 0.317 e. The minimum Gasteiger partial charge on any atom is -0.317 e. The summed E-state index contributed by atoms with van der Waals surface area (Å²) in [5.41, 5.74) is 0. The van der Waals surface area contributed by atoms with Crippen molar-refractivity contribution in [3.05, 3.63) is 17.0 Å². The molecule has 19 heavy (non-hydrogen) atoms. The number of sulfonamides is 1. The Morgan fingerprint density at radius 3 is 2.74 bits per heavy atom. The lowest BCUT2D eigenvalue weighted by Crippen LogP contribution is -2.49. The molecule has 0 spiro atoms. The second kappa shape index (κ2) is 5.91. The highest BCUT2D eigenvalue weighted by Gasteiger charge is 2.34. The van der Waals surface area contributed by atoms with Gasteiger partial charge in [0, 0.05) is 24.0 Å². The van der Waals surface area contributed by atoms with Crippen molar-refractivity contribution >= 4 is 21.4 Å². The fourth-order valence-electron chi connectivity index (χ4n) is 2.69. The topological polar surface area (TPSA) is 49.4 Å². The predicted octanol–water partition coefficient (Wildman–Crippen LogP) is 2.07. The molecule has 4 nitrogen and oxygen atoms in total. The third kappa shape index (κ3) is 3.02. The number of hydrogen-bond acceptors (Lipinski definition) is 4. The molecule has 2 rings (SSSR count). The number of nitrogens with one attached hydrogen (secondary N) is 1. The molecule has 0 amide bonds. The summed E-state index contributed by atoms with van der Waals surface area (Å²) >= 11 is 1.36. The molecular weight excluding hydrogens is 280 g/mol. The second-order valence-corrected chi connectivity index (χ2v) is 8.53. The summed E-state index contributed by atoms with van der Waals surface area (Å²) in [6.07, 6.45) is 1.89. The van der Waals surface area contributed by atoms with Crippen LogP contribution in [-0.2, 0) is 10.0 Å². The van der Waals surface area contributed by atoms with Gasteiger partial charge in [-0.1, -0.05) is 13.3 Å². The first-order valence-electron chi connectivity index (χ1n) is 6.73. The Morgan fingerprint density at radius 2 is 2.21 bits per heavy atom. The molecule has 2 atom stereocenters. The minimum absolute atomic E-state index is 0.398. The third-order valence-electron chi connectivity index (χ3n) is 3.90. The molecule has 1 saturated heterocycles. The van der Waals surface area contributed by atoms with Gasteiger partial charge in [0.25, 0.3) is 10.0 Å². The standard InChI is InChI=1S/C13H22N2O2S2/c1-4-11-9-15(8-7-12(11)14-3)19(16,17)13-6-5-10(2)18-13/h5-6,11-12,14H,4,7-9H2,1-3H3. The van der Waals surface area contributed by atoms with E-state index in [4.69, 9.17) is 0 Å². The van der Waals surface area contributed by atoms with Crippen molar-refractivity contribution in [2.24, 2.45) is 5.92 Å². The van der Waals surface area contributed by atoms with Crippen molar-refractivity contribution in [2.45, 2.75) is 36.9 Å². The van der Waals surface area contributed by atoms with E-state index in [2.05, 4.69) is 12.2 Å². The van der Waals surface area contributed by atoms with Crippen molar-refractivity contribution in [3.8, 4) is 0 Å². The van der Waals surface area contributed by atoms with Crippen molar-refractivity contribution in [3.63, 3.8) is 0 Å². The quantitative estimate of drug-likeness (QED) is 0.926. The van der Waals surface area contributed by atoms with E-state index in [1.54, 1.807) is 10.4 Å². The monoisotopic (exact) mass is 302 g/mol. The highest BCUT2D eigenvalue weighted by atomic mass is 32.2. The molecule has 0 radical (unpaired) electrons. The predicted molar refractivity (Wildman–Crippen MR) is 79.1 cm³/mol. The molecule has 1 aromatic rings. The molecule has 108 valence electrons. The molecule has 2 unspecified atom stereocenters. The van der Waals surface area contributed by atoms with Crippen LogP contribution in [0.15, 0.2) is 16.3 Å². The van der Waals surface area contributed by atoms with E-state index >= 15 is 0 Å². The Morgan fingerprint density at radius 1 is 1.47 bits per heavy atom. The summed E-state index contributed by atoms with van der Waals surface area (Å²) in [5, 5.41) is 3.30. The van der Waals surface area contributed by atoms with Crippen LogP contribution < -0.4 is 5.32 Å². The Hall–Kier alpha value is -0.430. The van der Waals surface area contributed by atoms with E-state index in [-0.39, 0.29) is 0 Å². The van der Waals surface area contributed by atoms with Crippen molar-refractivity contribution in [1.29, 1.82) is 0 Å². The summed E-state index contributed by atoms with van der Waals surface area (Å²) < 4.78 is 27.3. The highest BCUT2D eigenvalue weighted by molar-refractivity contribution is 7.91. The van der Waals surface area contributed by atoms with Crippen LogP contribution in [0.1, 0.15) is 24.6 Å². The summed E-state index contributed by atoms with van der Waals surface area (Å²) in [6, 6.07) is 4.02. The van der Waals surface area contributed by atoms with Gasteiger partial charge in [0.1, 0.15) is 4.21 Å². The second-order valence-electron chi connectivity index (χ2n) is 5.08. The zero-order valence-electron chi connectivity index (χ0n) is 11.7. The van der Waals surface area contributed by atoms with Crippen LogP contribution in [-0.4, -0.2) is 38.9 Å². The Bertz CT molecular complexity index is 525. The summed E-state index contributed by atoms with van der Waals surface area (Å²) in [4.78, 5) is 1.04. The van der Waals surface area contributed by atoms with Gasteiger partial charge in [-0.2, -0.15) is 4.31 Å². The fraction of sp³-hybridized carbons (Fsp3) is 0.692. The molecule has 0 aliphatic carbocycles. The summed E-state index contributed by atoms with van der Waals surface area (Å²) in [5.74, 6) is 0.398. The maximum absolute atomic E-state index is 12.6. The number of nitrogens with zero attached hydrogens (tertiary/aromatic N) is 1. The van der Waals surface area contributed by atoms with Gasteiger partial charge in [0.05, 0.1) is 0 Å². The van der Waals surface area contributed by atoms with Gasteiger partial charge in [0.2, 0.25) is 0 Å². The molecule has 1 aliphatic heterocycles. The van der Waals surface area contributed by atoms with Crippen LogP contribution in [0.2, 0.25) is 0 Å². The summed E-state index contributed by atoms with van der Waals surface area (Å²) in [7, 11) is -1.33. The first-order chi connectivity index (χ1) is 8.98. The van der Waals surface area contributed by atoms with E-state index in [1.165, 1.54) is 11.3 Å². The first kappa shape index (κ1) is 15.0. The van der Waals surface area contributed by atoms with Gasteiger partial charge in [-0.15, -0.1) is 11.3 Å². The normalized spacial score (nSPS) is 25.6. The van der Waals surface area contributed by atoms with Crippen LogP contribution >= 0.6 is 11.3 Å². The lowest BCUT2D eigenvalue weighted by Gasteiger charge is -2.37. The molecule has 6 heteroatoms. The Kier molecular flexibility index (Phi) is 4.66. The van der Waals surface area contributed by atoms with Crippen molar-refractivity contribution in [2.75, 3.05) is 20.1 Å². The van der Waals surface area contributed by atoms with Gasteiger partial charge in [-0.05, 0) is 38.4 Å². The van der Waals surface area contributed by atoms with E-state index < -0.39 is 10.0 Å². The van der Waals surface area contributed by atoms with Crippen LogP contribution in [0.3, 0.4) is 0 Å². The van der Waals surface area contributed by atoms with Crippen molar-refractivity contribution in [1.82, 2.24) is 9.62 Å². The third-order valence-corrected chi connectivity index (χ3v) is 7.23. The maximum Gasteiger partial charge on any atom is 0.252 e. The van der Waals surface area contributed by atoms with E-state index in [1.807, 2.05) is 20.0 Å². The van der Waals surface area contributed by atoms with Gasteiger partial charge in [-0.3, -0.25) is 0 Å². The lowest BCUT2D eigenvalue weighted by atomic mass is 9.91. The SMILES string of the molecule is CCC1CN(S(=O)(=O)c2ccc(C)s2)CCC1NC.